The number of hydrogen-bond acceptors (Lipinski definition) is 4. The van der Waals surface area contributed by atoms with Gasteiger partial charge in [-0.1, -0.05) is 29.6 Å². The Balaban J connectivity index is 2.53. The molecule has 1 aromatic rings. The molecule has 0 aliphatic carbocycles. The molecule has 9 heteroatoms. The zero-order valence-corrected chi connectivity index (χ0v) is 13.4. The molecular formula is C12H15Cl2N3O3S. The van der Waals surface area contributed by atoms with E-state index >= 15 is 0 Å². The first-order chi connectivity index (χ1) is 9.75. The largest absolute Gasteiger partial charge is 0.398 e. The lowest BCUT2D eigenvalue weighted by Gasteiger charge is -2.33. The summed E-state index contributed by atoms with van der Waals surface area (Å²) in [7, 11) is -4.02. The van der Waals surface area contributed by atoms with Gasteiger partial charge in [0.15, 0.2) is 0 Å². The van der Waals surface area contributed by atoms with E-state index in [0.717, 1.165) is 10.7 Å². The summed E-state index contributed by atoms with van der Waals surface area (Å²) in [5.74, 6) is -0.679. The van der Waals surface area contributed by atoms with E-state index in [9.17, 15) is 13.2 Å². The van der Waals surface area contributed by atoms with E-state index in [1.54, 1.807) is 0 Å². The van der Waals surface area contributed by atoms with Gasteiger partial charge in [0.2, 0.25) is 15.9 Å². The molecule has 0 aromatic heterocycles. The van der Waals surface area contributed by atoms with E-state index < -0.39 is 22.0 Å². The number of halogens is 2. The van der Waals surface area contributed by atoms with Crippen LogP contribution in [-0.4, -0.2) is 31.2 Å². The summed E-state index contributed by atoms with van der Waals surface area (Å²) >= 11 is 11.8. The van der Waals surface area contributed by atoms with Crippen molar-refractivity contribution in [3.8, 4) is 0 Å². The average molecular weight is 352 g/mol. The van der Waals surface area contributed by atoms with Gasteiger partial charge in [0.25, 0.3) is 0 Å². The lowest BCUT2D eigenvalue weighted by atomic mass is 10.0. The first-order valence-corrected chi connectivity index (χ1v) is 8.50. The van der Waals surface area contributed by atoms with Crippen molar-refractivity contribution in [1.29, 1.82) is 0 Å². The highest BCUT2D eigenvalue weighted by Gasteiger charge is 2.38. The summed E-state index contributed by atoms with van der Waals surface area (Å²) in [6, 6.07) is 1.73. The summed E-state index contributed by atoms with van der Waals surface area (Å²) in [5.41, 5.74) is 11.0. The molecule has 4 N–H and O–H groups in total. The van der Waals surface area contributed by atoms with Crippen LogP contribution in [0, 0.1) is 0 Å². The van der Waals surface area contributed by atoms with Crippen molar-refractivity contribution < 1.29 is 13.2 Å². The van der Waals surface area contributed by atoms with Gasteiger partial charge in [-0.05, 0) is 25.0 Å². The molecule has 0 radical (unpaired) electrons. The number of hydrogen-bond donors (Lipinski definition) is 2. The topological polar surface area (TPSA) is 106 Å². The zero-order valence-electron chi connectivity index (χ0n) is 11.1. The Hall–Kier alpha value is -1.02. The maximum atomic E-state index is 12.8. The molecule has 1 fully saturated rings. The van der Waals surface area contributed by atoms with Crippen molar-refractivity contribution in [2.24, 2.45) is 5.73 Å². The van der Waals surface area contributed by atoms with Crippen LogP contribution in [0.5, 0.6) is 0 Å². The molecule has 0 saturated carbocycles. The fourth-order valence-electron chi connectivity index (χ4n) is 2.45. The van der Waals surface area contributed by atoms with Gasteiger partial charge in [-0.2, -0.15) is 4.31 Å². The molecule has 2 rings (SSSR count). The minimum absolute atomic E-state index is 0.0544. The lowest BCUT2D eigenvalue weighted by molar-refractivity contribution is -0.122. The van der Waals surface area contributed by atoms with Gasteiger partial charge in [0.1, 0.15) is 10.9 Å². The monoisotopic (exact) mass is 351 g/mol. The van der Waals surface area contributed by atoms with Gasteiger partial charge in [0, 0.05) is 11.6 Å². The van der Waals surface area contributed by atoms with E-state index in [1.807, 2.05) is 0 Å². The molecule has 1 unspecified atom stereocenters. The third-order valence-corrected chi connectivity index (χ3v) is 6.04. The number of benzene rings is 1. The first kappa shape index (κ1) is 16.4. The molecule has 1 saturated heterocycles. The smallest absolute Gasteiger partial charge is 0.247 e. The number of primary amides is 1. The summed E-state index contributed by atoms with van der Waals surface area (Å²) in [4.78, 5) is 11.3. The number of anilines is 1. The Morgan fingerprint density at radius 1 is 1.29 bits per heavy atom. The molecule has 0 bridgehead atoms. The normalized spacial score (nSPS) is 20.4. The maximum Gasteiger partial charge on any atom is 0.247 e. The number of nitrogens with two attached hydrogens (primary N) is 2. The lowest BCUT2D eigenvalue weighted by Crippen LogP contribution is -2.50. The van der Waals surface area contributed by atoms with Crippen LogP contribution in [0.3, 0.4) is 0 Å². The van der Waals surface area contributed by atoms with Gasteiger partial charge in [-0.25, -0.2) is 8.42 Å². The van der Waals surface area contributed by atoms with Crippen molar-refractivity contribution in [1.82, 2.24) is 4.31 Å². The number of amides is 1. The number of carbonyl (C=O) groups is 1. The van der Waals surface area contributed by atoms with Crippen LogP contribution < -0.4 is 11.5 Å². The van der Waals surface area contributed by atoms with E-state index in [4.69, 9.17) is 34.7 Å². The summed E-state index contributed by atoms with van der Waals surface area (Å²) in [6.45, 7) is 0.203. The fraction of sp³-hybridized carbons (Fsp3) is 0.417. The number of piperidine rings is 1. The molecule has 1 aliphatic rings. The van der Waals surface area contributed by atoms with Crippen molar-refractivity contribution in [3.05, 3.63) is 22.2 Å². The standard InChI is InChI=1S/C12H15Cl2N3O3S/c13-7-5-8(14)11(9(15)6-7)21(19,20)17-4-2-1-3-10(17)12(16)18/h5-6,10H,1-4,15H2,(H2,16,18). The van der Waals surface area contributed by atoms with E-state index in [0.29, 0.717) is 12.8 Å². The predicted molar refractivity (Wildman–Crippen MR) is 81.6 cm³/mol. The predicted octanol–water partition coefficient (Wildman–Crippen LogP) is 1.60. The number of nitrogens with zero attached hydrogens (tertiary/aromatic N) is 1. The van der Waals surface area contributed by atoms with Gasteiger partial charge in [-0.3, -0.25) is 4.79 Å². The van der Waals surface area contributed by atoms with Crippen LogP contribution >= 0.6 is 23.2 Å². The molecule has 21 heavy (non-hydrogen) atoms. The Morgan fingerprint density at radius 3 is 2.52 bits per heavy atom. The molecule has 6 nitrogen and oxygen atoms in total. The molecule has 0 spiro atoms. The average Bonchev–Trinajstić information content (AvgIpc) is 2.37. The Bertz CT molecular complexity index is 655. The van der Waals surface area contributed by atoms with Crippen LogP contribution in [0.2, 0.25) is 10.0 Å². The maximum absolute atomic E-state index is 12.8. The van der Waals surface area contributed by atoms with E-state index in [-0.39, 0.29) is 27.2 Å². The quantitative estimate of drug-likeness (QED) is 0.806. The molecule has 1 aliphatic heterocycles. The second-order valence-electron chi connectivity index (χ2n) is 4.84. The van der Waals surface area contributed by atoms with Crippen LogP contribution in [0.15, 0.2) is 17.0 Å². The van der Waals surface area contributed by atoms with Crippen molar-refractivity contribution in [2.45, 2.75) is 30.2 Å². The van der Waals surface area contributed by atoms with Crippen molar-refractivity contribution in [3.63, 3.8) is 0 Å². The SMILES string of the molecule is NC(=O)C1CCCCN1S(=O)(=O)c1c(N)cc(Cl)cc1Cl. The van der Waals surface area contributed by atoms with Crippen molar-refractivity contribution >= 4 is 44.8 Å². The Labute approximate surface area is 133 Å². The van der Waals surface area contributed by atoms with Gasteiger partial charge < -0.3 is 11.5 Å². The van der Waals surface area contributed by atoms with Crippen LogP contribution in [0.4, 0.5) is 5.69 Å². The molecular weight excluding hydrogens is 337 g/mol. The third-order valence-electron chi connectivity index (χ3n) is 3.39. The van der Waals surface area contributed by atoms with Gasteiger partial charge in [-0.15, -0.1) is 0 Å². The number of rotatable bonds is 3. The summed E-state index contributed by atoms with van der Waals surface area (Å²) < 4.78 is 26.6. The fourth-order valence-corrected chi connectivity index (χ4v) is 5.06. The van der Waals surface area contributed by atoms with E-state index in [1.165, 1.54) is 12.1 Å². The van der Waals surface area contributed by atoms with Gasteiger partial charge in [0.05, 0.1) is 10.7 Å². The second-order valence-corrected chi connectivity index (χ2v) is 7.51. The van der Waals surface area contributed by atoms with Crippen molar-refractivity contribution in [2.75, 3.05) is 12.3 Å². The highest BCUT2D eigenvalue weighted by molar-refractivity contribution is 7.89. The third kappa shape index (κ3) is 3.11. The number of nitrogen functional groups attached to an aromatic ring is 1. The molecule has 1 atom stereocenters. The zero-order chi connectivity index (χ0) is 15.8. The second kappa shape index (κ2) is 6.00. The number of carbonyl (C=O) groups excluding carboxylic acids is 1. The minimum atomic E-state index is -4.02. The minimum Gasteiger partial charge on any atom is -0.398 e. The van der Waals surface area contributed by atoms with Crippen LogP contribution in [0.1, 0.15) is 19.3 Å². The Morgan fingerprint density at radius 2 is 1.95 bits per heavy atom. The highest BCUT2D eigenvalue weighted by atomic mass is 35.5. The Kier molecular flexibility index (Phi) is 4.67. The van der Waals surface area contributed by atoms with Crippen LogP contribution in [-0.2, 0) is 14.8 Å². The molecule has 1 heterocycles. The first-order valence-electron chi connectivity index (χ1n) is 6.31. The molecule has 1 aromatic carbocycles. The molecule has 116 valence electrons. The summed E-state index contributed by atoms with van der Waals surface area (Å²) in [5, 5.41) is 0.162. The number of sulfonamides is 1. The molecule has 1 amide bonds. The van der Waals surface area contributed by atoms with Gasteiger partial charge >= 0.3 is 0 Å². The highest BCUT2D eigenvalue weighted by Crippen LogP contribution is 2.35. The summed E-state index contributed by atoms with van der Waals surface area (Å²) in [6.07, 6.45) is 1.78. The van der Waals surface area contributed by atoms with Crippen LogP contribution in [0.25, 0.3) is 0 Å². The van der Waals surface area contributed by atoms with E-state index in [2.05, 4.69) is 0 Å².